The fraction of sp³-hybridized carbons (Fsp3) is 0.100. The maximum atomic E-state index is 9.51. The lowest BCUT2D eigenvalue weighted by Crippen LogP contribution is -2.11. The molecule has 0 aliphatic carbocycles. The van der Waals surface area contributed by atoms with E-state index in [4.69, 9.17) is 0 Å². The van der Waals surface area contributed by atoms with E-state index in [9.17, 15) is 5.21 Å². The highest BCUT2D eigenvalue weighted by Gasteiger charge is 2.20. The average Bonchev–Trinajstić information content (AvgIpc) is 2.61. The molecular formula is C10H8N2OS. The first kappa shape index (κ1) is 8.08. The SMILES string of the molecule is ON1CSc2c1cnc1ccccc21. The number of fused-ring (bicyclic) bond motifs is 3. The van der Waals surface area contributed by atoms with E-state index >= 15 is 0 Å². The highest BCUT2D eigenvalue weighted by molar-refractivity contribution is 8.00. The third-order valence-corrected chi connectivity index (χ3v) is 3.41. The Balaban J connectivity index is 2.38. The molecule has 0 bridgehead atoms. The molecule has 0 saturated carbocycles. The minimum Gasteiger partial charge on any atom is -0.288 e. The Morgan fingerprint density at radius 2 is 2.21 bits per heavy atom. The van der Waals surface area contributed by atoms with Crippen molar-refractivity contribution in [2.45, 2.75) is 4.90 Å². The van der Waals surface area contributed by atoms with Crippen molar-refractivity contribution in [3.8, 4) is 0 Å². The van der Waals surface area contributed by atoms with Gasteiger partial charge in [0, 0.05) is 10.3 Å². The first-order valence-corrected chi connectivity index (χ1v) is 5.32. The summed E-state index contributed by atoms with van der Waals surface area (Å²) in [6, 6.07) is 7.98. The minimum atomic E-state index is 0.588. The maximum absolute atomic E-state index is 9.51. The predicted octanol–water partition coefficient (Wildman–Crippen LogP) is 2.49. The number of pyridine rings is 1. The number of anilines is 1. The highest BCUT2D eigenvalue weighted by atomic mass is 32.2. The van der Waals surface area contributed by atoms with Gasteiger partial charge in [-0.3, -0.25) is 10.2 Å². The number of hydrogen-bond donors (Lipinski definition) is 1. The van der Waals surface area contributed by atoms with Crippen LogP contribution < -0.4 is 5.06 Å². The van der Waals surface area contributed by atoms with Crippen LogP contribution in [0.2, 0.25) is 0 Å². The van der Waals surface area contributed by atoms with Crippen LogP contribution >= 0.6 is 11.8 Å². The van der Waals surface area contributed by atoms with Crippen LogP contribution in [0.25, 0.3) is 10.9 Å². The standard InChI is InChI=1S/C10H8N2OS/c13-12-6-14-10-7-3-1-2-4-8(7)11-5-9(10)12/h1-5,13H,6H2. The topological polar surface area (TPSA) is 36.4 Å². The summed E-state index contributed by atoms with van der Waals surface area (Å²) >= 11 is 1.64. The van der Waals surface area contributed by atoms with E-state index in [0.29, 0.717) is 5.88 Å². The molecule has 70 valence electrons. The third-order valence-electron chi connectivity index (χ3n) is 2.32. The van der Waals surface area contributed by atoms with E-state index in [2.05, 4.69) is 4.98 Å². The number of hydroxylamine groups is 1. The van der Waals surface area contributed by atoms with Crippen molar-refractivity contribution in [2.75, 3.05) is 10.9 Å². The molecule has 3 nitrogen and oxygen atoms in total. The van der Waals surface area contributed by atoms with Gasteiger partial charge in [0.25, 0.3) is 0 Å². The minimum absolute atomic E-state index is 0.588. The number of rotatable bonds is 0. The smallest absolute Gasteiger partial charge is 0.0970 e. The zero-order chi connectivity index (χ0) is 9.54. The molecule has 3 rings (SSSR count). The van der Waals surface area contributed by atoms with Gasteiger partial charge in [-0.1, -0.05) is 30.0 Å². The molecular weight excluding hydrogens is 196 g/mol. The van der Waals surface area contributed by atoms with Crippen LogP contribution in [0.15, 0.2) is 35.4 Å². The van der Waals surface area contributed by atoms with Crippen molar-refractivity contribution < 1.29 is 5.21 Å². The maximum Gasteiger partial charge on any atom is 0.0970 e. The van der Waals surface area contributed by atoms with E-state index in [0.717, 1.165) is 21.5 Å². The van der Waals surface area contributed by atoms with Crippen LogP contribution in [0.5, 0.6) is 0 Å². The van der Waals surface area contributed by atoms with Gasteiger partial charge in [0.15, 0.2) is 0 Å². The van der Waals surface area contributed by atoms with Gasteiger partial charge in [0.05, 0.1) is 23.3 Å². The number of aromatic nitrogens is 1. The van der Waals surface area contributed by atoms with E-state index in [1.165, 1.54) is 5.06 Å². The van der Waals surface area contributed by atoms with Gasteiger partial charge in [-0.2, -0.15) is 0 Å². The normalized spacial score (nSPS) is 14.8. The first-order valence-electron chi connectivity index (χ1n) is 4.33. The summed E-state index contributed by atoms with van der Waals surface area (Å²) in [5.41, 5.74) is 1.79. The molecule has 1 aromatic heterocycles. The lowest BCUT2D eigenvalue weighted by atomic mass is 10.2. The quantitative estimate of drug-likeness (QED) is 0.715. The second-order valence-corrected chi connectivity index (χ2v) is 4.12. The molecule has 0 amide bonds. The summed E-state index contributed by atoms with van der Waals surface area (Å²) in [5.74, 6) is 0.588. The van der Waals surface area contributed by atoms with Crippen LogP contribution in [0.3, 0.4) is 0 Å². The van der Waals surface area contributed by atoms with Crippen LogP contribution in [-0.2, 0) is 0 Å². The van der Waals surface area contributed by atoms with Crippen molar-refractivity contribution >= 4 is 28.4 Å². The van der Waals surface area contributed by atoms with Gasteiger partial charge in [0.2, 0.25) is 0 Å². The Labute approximate surface area is 85.3 Å². The van der Waals surface area contributed by atoms with Crippen molar-refractivity contribution in [1.29, 1.82) is 0 Å². The summed E-state index contributed by atoms with van der Waals surface area (Å²) in [6.07, 6.45) is 1.72. The van der Waals surface area contributed by atoms with Crippen molar-refractivity contribution in [2.24, 2.45) is 0 Å². The van der Waals surface area contributed by atoms with Crippen LogP contribution in [-0.4, -0.2) is 16.1 Å². The zero-order valence-electron chi connectivity index (χ0n) is 7.34. The molecule has 4 heteroatoms. The molecule has 14 heavy (non-hydrogen) atoms. The Kier molecular flexibility index (Phi) is 1.65. The summed E-state index contributed by atoms with van der Waals surface area (Å²) in [5, 5.41) is 11.9. The Bertz CT molecular complexity index is 500. The fourth-order valence-electron chi connectivity index (χ4n) is 1.64. The number of thioether (sulfide) groups is 1. The van der Waals surface area contributed by atoms with Gasteiger partial charge in [-0.05, 0) is 6.07 Å². The average molecular weight is 204 g/mol. The monoisotopic (exact) mass is 204 g/mol. The van der Waals surface area contributed by atoms with E-state index in [-0.39, 0.29) is 0 Å². The molecule has 0 atom stereocenters. The van der Waals surface area contributed by atoms with Crippen molar-refractivity contribution in [3.63, 3.8) is 0 Å². The second-order valence-electron chi connectivity index (χ2n) is 3.16. The number of para-hydroxylation sites is 1. The Morgan fingerprint density at radius 3 is 3.14 bits per heavy atom. The Morgan fingerprint density at radius 1 is 1.36 bits per heavy atom. The molecule has 0 saturated heterocycles. The van der Waals surface area contributed by atoms with Gasteiger partial charge in [0.1, 0.15) is 0 Å². The van der Waals surface area contributed by atoms with Crippen molar-refractivity contribution in [1.82, 2.24) is 4.98 Å². The van der Waals surface area contributed by atoms with Gasteiger partial charge in [-0.25, -0.2) is 5.06 Å². The van der Waals surface area contributed by atoms with E-state index in [1.54, 1.807) is 18.0 Å². The van der Waals surface area contributed by atoms with Crippen molar-refractivity contribution in [3.05, 3.63) is 30.5 Å². The molecule has 1 aliphatic rings. The first-order chi connectivity index (χ1) is 6.86. The third kappa shape index (κ3) is 1.01. The molecule has 1 aromatic carbocycles. The molecule has 0 radical (unpaired) electrons. The van der Waals surface area contributed by atoms with Gasteiger partial charge >= 0.3 is 0 Å². The lowest BCUT2D eigenvalue weighted by molar-refractivity contribution is 0.275. The van der Waals surface area contributed by atoms with Gasteiger partial charge < -0.3 is 0 Å². The van der Waals surface area contributed by atoms with Crippen LogP contribution in [0.4, 0.5) is 5.69 Å². The second kappa shape index (κ2) is 2.87. The molecule has 0 spiro atoms. The zero-order valence-corrected chi connectivity index (χ0v) is 8.16. The summed E-state index contributed by atoms with van der Waals surface area (Å²) in [6.45, 7) is 0. The molecule has 1 N–H and O–H groups in total. The number of nitrogens with zero attached hydrogens (tertiary/aromatic N) is 2. The molecule has 0 fully saturated rings. The summed E-state index contributed by atoms with van der Waals surface area (Å²) in [7, 11) is 0. The molecule has 0 unspecified atom stereocenters. The lowest BCUT2D eigenvalue weighted by Gasteiger charge is -2.07. The fourth-order valence-corrected chi connectivity index (χ4v) is 2.66. The van der Waals surface area contributed by atoms with Crippen LogP contribution in [0, 0.1) is 0 Å². The number of benzene rings is 1. The highest BCUT2D eigenvalue weighted by Crippen LogP contribution is 2.41. The van der Waals surface area contributed by atoms with E-state index in [1.807, 2.05) is 24.3 Å². The summed E-state index contributed by atoms with van der Waals surface area (Å²) in [4.78, 5) is 5.41. The largest absolute Gasteiger partial charge is 0.288 e. The molecule has 2 aromatic rings. The predicted molar refractivity (Wildman–Crippen MR) is 56.7 cm³/mol. The summed E-state index contributed by atoms with van der Waals surface area (Å²) < 4.78 is 0. The molecule has 2 heterocycles. The number of hydrogen-bond acceptors (Lipinski definition) is 4. The van der Waals surface area contributed by atoms with Gasteiger partial charge in [-0.15, -0.1) is 0 Å². The van der Waals surface area contributed by atoms with Crippen LogP contribution in [0.1, 0.15) is 0 Å². The van der Waals surface area contributed by atoms with E-state index < -0.39 is 0 Å². The molecule has 1 aliphatic heterocycles. The Hall–Kier alpha value is -1.26.